The zero-order chi connectivity index (χ0) is 28.0. The second-order valence-electron chi connectivity index (χ2n) is 10.0. The number of nitrogens with zero attached hydrogens (tertiary/aromatic N) is 4. The van der Waals surface area contributed by atoms with Gasteiger partial charge in [0.2, 0.25) is 5.95 Å². The van der Waals surface area contributed by atoms with Gasteiger partial charge in [0, 0.05) is 41.0 Å². The predicted molar refractivity (Wildman–Crippen MR) is 155 cm³/mol. The summed E-state index contributed by atoms with van der Waals surface area (Å²) in [5, 5.41) is 7.86. The Morgan fingerprint density at radius 2 is 1.95 bits per heavy atom. The second kappa shape index (κ2) is 10.3. The van der Waals surface area contributed by atoms with Crippen LogP contribution < -0.4 is 15.4 Å². The number of nitrogens with one attached hydrogen (secondary N) is 3. The monoisotopic (exact) mass is 579 g/mol. The van der Waals surface area contributed by atoms with Crippen LogP contribution >= 0.6 is 11.6 Å². The van der Waals surface area contributed by atoms with E-state index in [0.29, 0.717) is 33.4 Å². The van der Waals surface area contributed by atoms with E-state index in [9.17, 15) is 8.42 Å². The number of imidazole rings is 1. The highest BCUT2D eigenvalue weighted by Crippen LogP contribution is 2.32. The number of benzene rings is 2. The standard InChI is InChI=1S/C28H27ClFN7O2S/c1-16-5-7-21(12-23(16)29)40(38,39)36-25-8-6-18(11-24(25)30)22-10-19-13-32-28(34-20-4-3-9-31-14-20)35-26(19)37-15-17(2)33-27(22)37/h5-8,10-13,15,20,31,36H,3-4,9,14H2,1-2H3,(H,32,34,35). The lowest BCUT2D eigenvalue weighted by atomic mass is 10.1. The number of pyridine rings is 1. The number of aryl methyl sites for hydroxylation is 2. The van der Waals surface area contributed by atoms with Crippen LogP contribution in [0.1, 0.15) is 24.1 Å². The van der Waals surface area contributed by atoms with E-state index in [4.69, 9.17) is 16.6 Å². The Morgan fingerprint density at radius 1 is 1.10 bits per heavy atom. The number of sulfonamides is 1. The van der Waals surface area contributed by atoms with Crippen LogP contribution in [-0.4, -0.2) is 46.9 Å². The molecule has 0 aliphatic carbocycles. The lowest BCUT2D eigenvalue weighted by Crippen LogP contribution is -2.38. The van der Waals surface area contributed by atoms with Crippen molar-refractivity contribution in [2.24, 2.45) is 0 Å². The summed E-state index contributed by atoms with van der Waals surface area (Å²) in [6.45, 7) is 5.53. The third-order valence-corrected chi connectivity index (χ3v) is 8.77. The van der Waals surface area contributed by atoms with Crippen molar-refractivity contribution in [3.63, 3.8) is 0 Å². The third kappa shape index (κ3) is 5.07. The Kier molecular flexibility index (Phi) is 6.81. The maximum atomic E-state index is 15.3. The number of hydrogen-bond acceptors (Lipinski definition) is 7. The van der Waals surface area contributed by atoms with Gasteiger partial charge in [-0.1, -0.05) is 23.7 Å². The molecule has 12 heteroatoms. The number of piperidine rings is 1. The topological polar surface area (TPSA) is 113 Å². The molecule has 1 saturated heterocycles. The number of anilines is 2. The molecule has 0 bridgehead atoms. The number of rotatable bonds is 6. The summed E-state index contributed by atoms with van der Waals surface area (Å²) < 4.78 is 45.3. The van der Waals surface area contributed by atoms with Gasteiger partial charge in [0.25, 0.3) is 10.0 Å². The van der Waals surface area contributed by atoms with E-state index in [1.807, 2.05) is 23.6 Å². The Morgan fingerprint density at radius 3 is 2.70 bits per heavy atom. The smallest absolute Gasteiger partial charge is 0.262 e. The van der Waals surface area contributed by atoms with Crippen LogP contribution in [0.15, 0.2) is 59.8 Å². The molecule has 206 valence electrons. The van der Waals surface area contributed by atoms with Crippen molar-refractivity contribution >= 4 is 49.9 Å². The summed E-state index contributed by atoms with van der Waals surface area (Å²) in [7, 11) is -4.05. The molecule has 3 N–H and O–H groups in total. The second-order valence-corrected chi connectivity index (χ2v) is 12.1. The van der Waals surface area contributed by atoms with Crippen molar-refractivity contribution < 1.29 is 12.8 Å². The molecule has 3 aromatic heterocycles. The summed E-state index contributed by atoms with van der Waals surface area (Å²) in [5.41, 5.74) is 3.84. The molecule has 5 aromatic rings. The fourth-order valence-electron chi connectivity index (χ4n) is 4.90. The van der Waals surface area contributed by atoms with Gasteiger partial charge < -0.3 is 10.6 Å². The summed E-state index contributed by atoms with van der Waals surface area (Å²) >= 11 is 6.10. The summed E-state index contributed by atoms with van der Waals surface area (Å²) in [5.74, 6) is -0.183. The van der Waals surface area contributed by atoms with Gasteiger partial charge in [-0.3, -0.25) is 9.12 Å². The fraction of sp³-hybridized carbons (Fsp3) is 0.250. The van der Waals surface area contributed by atoms with Crippen LogP contribution in [0.25, 0.3) is 27.8 Å². The molecule has 1 atom stereocenters. The molecule has 6 rings (SSSR count). The molecule has 9 nitrogen and oxygen atoms in total. The highest BCUT2D eigenvalue weighted by Gasteiger charge is 2.20. The Hall–Kier alpha value is -3.80. The van der Waals surface area contributed by atoms with E-state index >= 15 is 4.39 Å². The fourth-order valence-corrected chi connectivity index (χ4v) is 6.23. The van der Waals surface area contributed by atoms with E-state index in [1.165, 1.54) is 24.3 Å². The molecule has 40 heavy (non-hydrogen) atoms. The SMILES string of the molecule is Cc1cn2c(n1)c(-c1ccc(NS(=O)(=O)c3ccc(C)c(Cl)c3)c(F)c1)cc1cnc(NC3CCCNC3)nc12. The average molecular weight is 580 g/mol. The number of hydrogen-bond donors (Lipinski definition) is 3. The van der Waals surface area contributed by atoms with Crippen molar-refractivity contribution in [3.05, 3.63) is 77.0 Å². The number of fused-ring (bicyclic) bond motifs is 3. The minimum atomic E-state index is -4.05. The molecule has 0 saturated carbocycles. The lowest BCUT2D eigenvalue weighted by molar-refractivity contribution is 0.478. The third-order valence-electron chi connectivity index (χ3n) is 7.00. The minimum Gasteiger partial charge on any atom is -0.350 e. The van der Waals surface area contributed by atoms with E-state index < -0.39 is 15.8 Å². The van der Waals surface area contributed by atoms with Crippen LogP contribution in [-0.2, 0) is 10.0 Å². The van der Waals surface area contributed by atoms with E-state index in [1.54, 1.807) is 25.3 Å². The minimum absolute atomic E-state index is 0.0516. The molecule has 1 fully saturated rings. The van der Waals surface area contributed by atoms with Gasteiger partial charge in [0.05, 0.1) is 16.3 Å². The van der Waals surface area contributed by atoms with Gasteiger partial charge in [-0.2, -0.15) is 4.98 Å². The first-order valence-corrected chi connectivity index (χ1v) is 14.8. The Balaban J connectivity index is 1.35. The van der Waals surface area contributed by atoms with Crippen LogP contribution in [0.2, 0.25) is 5.02 Å². The van der Waals surface area contributed by atoms with Crippen LogP contribution in [0, 0.1) is 19.7 Å². The van der Waals surface area contributed by atoms with Crippen LogP contribution in [0.4, 0.5) is 16.0 Å². The average Bonchev–Trinajstić information content (AvgIpc) is 3.33. The molecule has 0 radical (unpaired) electrons. The largest absolute Gasteiger partial charge is 0.350 e. The predicted octanol–water partition coefficient (Wildman–Crippen LogP) is 5.32. The normalized spacial score (nSPS) is 15.9. The van der Waals surface area contributed by atoms with Gasteiger partial charge in [0.1, 0.15) is 11.5 Å². The Labute approximate surface area is 235 Å². The molecule has 0 amide bonds. The molecular weight excluding hydrogens is 553 g/mol. The quantitative estimate of drug-likeness (QED) is 0.249. The van der Waals surface area contributed by atoms with Crippen LogP contribution in [0.5, 0.6) is 0 Å². The highest BCUT2D eigenvalue weighted by molar-refractivity contribution is 7.92. The zero-order valence-electron chi connectivity index (χ0n) is 21.9. The molecule has 1 unspecified atom stereocenters. The molecule has 1 aliphatic rings. The van der Waals surface area contributed by atoms with Gasteiger partial charge >= 0.3 is 0 Å². The lowest BCUT2D eigenvalue weighted by Gasteiger charge is -2.23. The first-order chi connectivity index (χ1) is 19.2. The van der Waals surface area contributed by atoms with Crippen molar-refractivity contribution in [1.82, 2.24) is 24.7 Å². The maximum Gasteiger partial charge on any atom is 0.262 e. The maximum absolute atomic E-state index is 15.3. The van der Waals surface area contributed by atoms with E-state index in [-0.39, 0.29) is 16.6 Å². The molecular formula is C28H27ClFN7O2S. The van der Waals surface area contributed by atoms with Crippen molar-refractivity contribution in [2.75, 3.05) is 23.1 Å². The van der Waals surface area contributed by atoms with Crippen molar-refractivity contribution in [3.8, 4) is 11.1 Å². The van der Waals surface area contributed by atoms with Crippen molar-refractivity contribution in [2.45, 2.75) is 37.6 Å². The summed E-state index contributed by atoms with van der Waals surface area (Å²) in [4.78, 5) is 13.9. The molecule has 4 heterocycles. The summed E-state index contributed by atoms with van der Waals surface area (Å²) in [6.07, 6.45) is 5.76. The van der Waals surface area contributed by atoms with Crippen molar-refractivity contribution in [1.29, 1.82) is 0 Å². The first kappa shape index (κ1) is 26.4. The Bertz CT molecular complexity index is 1870. The summed E-state index contributed by atoms with van der Waals surface area (Å²) in [6, 6.07) is 10.8. The van der Waals surface area contributed by atoms with E-state index in [0.717, 1.165) is 42.6 Å². The highest BCUT2D eigenvalue weighted by atomic mass is 35.5. The number of aromatic nitrogens is 4. The first-order valence-electron chi connectivity index (χ1n) is 12.9. The number of halogens is 2. The molecule has 0 spiro atoms. The van der Waals surface area contributed by atoms with E-state index in [2.05, 4.69) is 25.3 Å². The zero-order valence-corrected chi connectivity index (χ0v) is 23.4. The molecule has 2 aromatic carbocycles. The van der Waals surface area contributed by atoms with Gasteiger partial charge in [-0.25, -0.2) is 22.8 Å². The van der Waals surface area contributed by atoms with Gasteiger partial charge in [0.15, 0.2) is 5.65 Å². The molecule has 1 aliphatic heterocycles. The van der Waals surface area contributed by atoms with Gasteiger partial charge in [-0.15, -0.1) is 0 Å². The van der Waals surface area contributed by atoms with Crippen LogP contribution in [0.3, 0.4) is 0 Å². The van der Waals surface area contributed by atoms with Gasteiger partial charge in [-0.05, 0) is 74.7 Å².